The fourth-order valence-electron chi connectivity index (χ4n) is 3.58. The molecule has 0 bridgehead atoms. The predicted octanol–water partition coefficient (Wildman–Crippen LogP) is 2.92. The summed E-state index contributed by atoms with van der Waals surface area (Å²) in [4.78, 5) is 31.7. The Balaban J connectivity index is 1.30. The van der Waals surface area contributed by atoms with Gasteiger partial charge >= 0.3 is 0 Å². The Morgan fingerprint density at radius 1 is 1.07 bits per heavy atom. The molecule has 0 unspecified atom stereocenters. The van der Waals surface area contributed by atoms with E-state index in [0.29, 0.717) is 25.4 Å². The van der Waals surface area contributed by atoms with Crippen LogP contribution < -0.4 is 0 Å². The molecule has 1 atom stereocenters. The SMILES string of the molecule is O=C(c1cccs1)N1CCN(CCN2C(=O)CS[C@H]2c2ccc(F)cc2)CC1. The summed E-state index contributed by atoms with van der Waals surface area (Å²) in [7, 11) is 0. The van der Waals surface area contributed by atoms with Crippen LogP contribution in [-0.2, 0) is 4.79 Å². The van der Waals surface area contributed by atoms with Crippen molar-refractivity contribution in [2.24, 2.45) is 0 Å². The third-order valence-electron chi connectivity index (χ3n) is 5.17. The predicted molar refractivity (Wildman–Crippen MR) is 110 cm³/mol. The molecule has 4 rings (SSSR count). The summed E-state index contributed by atoms with van der Waals surface area (Å²) in [6.07, 6.45) is 0. The Morgan fingerprint density at radius 2 is 1.82 bits per heavy atom. The molecule has 0 aliphatic carbocycles. The number of carbonyl (C=O) groups excluding carboxylic acids is 2. The molecule has 3 heterocycles. The Morgan fingerprint density at radius 3 is 2.50 bits per heavy atom. The average Bonchev–Trinajstić information content (AvgIpc) is 3.37. The van der Waals surface area contributed by atoms with Crippen LogP contribution in [0.3, 0.4) is 0 Å². The second kappa shape index (κ2) is 8.63. The van der Waals surface area contributed by atoms with E-state index in [-0.39, 0.29) is 23.0 Å². The summed E-state index contributed by atoms with van der Waals surface area (Å²) in [6, 6.07) is 10.2. The number of halogens is 1. The molecule has 0 saturated carbocycles. The van der Waals surface area contributed by atoms with Crippen LogP contribution in [0.5, 0.6) is 0 Å². The first-order chi connectivity index (χ1) is 13.6. The minimum atomic E-state index is -0.264. The number of benzene rings is 1. The molecule has 2 amide bonds. The zero-order valence-corrected chi connectivity index (χ0v) is 17.1. The Hall–Kier alpha value is -1.90. The van der Waals surface area contributed by atoms with Gasteiger partial charge in [-0.25, -0.2) is 4.39 Å². The van der Waals surface area contributed by atoms with Crippen molar-refractivity contribution in [1.82, 2.24) is 14.7 Å². The van der Waals surface area contributed by atoms with Gasteiger partial charge in [0.05, 0.1) is 10.6 Å². The van der Waals surface area contributed by atoms with Crippen molar-refractivity contribution >= 4 is 34.9 Å². The van der Waals surface area contributed by atoms with Crippen LogP contribution in [0.4, 0.5) is 4.39 Å². The first-order valence-electron chi connectivity index (χ1n) is 9.33. The second-order valence-corrected chi connectivity index (χ2v) is 8.93. The fourth-order valence-corrected chi connectivity index (χ4v) is 5.49. The number of thiophene rings is 1. The summed E-state index contributed by atoms with van der Waals surface area (Å²) in [6.45, 7) is 4.47. The van der Waals surface area contributed by atoms with Gasteiger partial charge in [-0.15, -0.1) is 23.1 Å². The van der Waals surface area contributed by atoms with E-state index in [1.54, 1.807) is 23.9 Å². The van der Waals surface area contributed by atoms with Crippen LogP contribution in [0.25, 0.3) is 0 Å². The summed E-state index contributed by atoms with van der Waals surface area (Å²) in [5.41, 5.74) is 0.962. The smallest absolute Gasteiger partial charge is 0.264 e. The highest BCUT2D eigenvalue weighted by Gasteiger charge is 2.33. The van der Waals surface area contributed by atoms with Gasteiger partial charge in [-0.2, -0.15) is 0 Å². The van der Waals surface area contributed by atoms with Gasteiger partial charge in [0.2, 0.25) is 5.91 Å². The maximum Gasteiger partial charge on any atom is 0.264 e. The lowest BCUT2D eigenvalue weighted by molar-refractivity contribution is -0.128. The number of amides is 2. The van der Waals surface area contributed by atoms with Crippen LogP contribution in [0.1, 0.15) is 20.6 Å². The van der Waals surface area contributed by atoms with E-state index < -0.39 is 0 Å². The van der Waals surface area contributed by atoms with Crippen LogP contribution >= 0.6 is 23.1 Å². The van der Waals surface area contributed by atoms with Crippen molar-refractivity contribution in [2.45, 2.75) is 5.37 Å². The third kappa shape index (κ3) is 4.24. The Bertz CT molecular complexity index is 820. The normalized spacial score (nSPS) is 20.8. The van der Waals surface area contributed by atoms with Gasteiger partial charge in [-0.1, -0.05) is 18.2 Å². The van der Waals surface area contributed by atoms with E-state index in [0.717, 1.165) is 30.1 Å². The number of hydrogen-bond donors (Lipinski definition) is 0. The van der Waals surface area contributed by atoms with Crippen molar-refractivity contribution in [2.75, 3.05) is 45.0 Å². The Labute approximate surface area is 172 Å². The lowest BCUT2D eigenvalue weighted by Crippen LogP contribution is -2.50. The monoisotopic (exact) mass is 419 g/mol. The Kier molecular flexibility index (Phi) is 5.99. The van der Waals surface area contributed by atoms with Gasteiger partial charge in [0.1, 0.15) is 11.2 Å². The van der Waals surface area contributed by atoms with Gasteiger partial charge < -0.3 is 9.80 Å². The largest absolute Gasteiger partial charge is 0.335 e. The van der Waals surface area contributed by atoms with E-state index in [1.165, 1.54) is 23.5 Å². The highest BCUT2D eigenvalue weighted by atomic mass is 32.2. The van der Waals surface area contributed by atoms with Crippen LogP contribution in [-0.4, -0.2) is 71.5 Å². The molecule has 1 aromatic carbocycles. The highest BCUT2D eigenvalue weighted by Crippen LogP contribution is 2.38. The number of piperazine rings is 1. The first-order valence-corrected chi connectivity index (χ1v) is 11.3. The molecular formula is C20H22FN3O2S2. The highest BCUT2D eigenvalue weighted by molar-refractivity contribution is 8.00. The zero-order valence-electron chi connectivity index (χ0n) is 15.4. The number of carbonyl (C=O) groups is 2. The molecule has 5 nitrogen and oxygen atoms in total. The van der Waals surface area contributed by atoms with E-state index >= 15 is 0 Å². The van der Waals surface area contributed by atoms with Crippen molar-refractivity contribution in [1.29, 1.82) is 0 Å². The summed E-state index contributed by atoms with van der Waals surface area (Å²) in [5, 5.41) is 1.88. The van der Waals surface area contributed by atoms with Crippen molar-refractivity contribution in [3.05, 3.63) is 58.0 Å². The molecule has 0 radical (unpaired) electrons. The average molecular weight is 420 g/mol. The lowest BCUT2D eigenvalue weighted by atomic mass is 10.2. The molecule has 148 valence electrons. The molecule has 2 aliphatic rings. The minimum Gasteiger partial charge on any atom is -0.335 e. The van der Waals surface area contributed by atoms with Crippen LogP contribution in [0, 0.1) is 5.82 Å². The van der Waals surface area contributed by atoms with E-state index in [1.807, 2.05) is 27.3 Å². The molecule has 0 spiro atoms. The van der Waals surface area contributed by atoms with E-state index in [2.05, 4.69) is 4.90 Å². The molecular weight excluding hydrogens is 397 g/mol. The molecule has 2 saturated heterocycles. The van der Waals surface area contributed by atoms with E-state index in [9.17, 15) is 14.0 Å². The summed E-state index contributed by atoms with van der Waals surface area (Å²) >= 11 is 3.07. The number of thioether (sulfide) groups is 1. The van der Waals surface area contributed by atoms with Gasteiger partial charge in [0.15, 0.2) is 0 Å². The van der Waals surface area contributed by atoms with Gasteiger partial charge in [0, 0.05) is 39.3 Å². The quantitative estimate of drug-likeness (QED) is 0.748. The number of hydrogen-bond acceptors (Lipinski definition) is 5. The summed E-state index contributed by atoms with van der Waals surface area (Å²) in [5.74, 6) is 0.438. The molecule has 0 N–H and O–H groups in total. The maximum atomic E-state index is 13.2. The van der Waals surface area contributed by atoms with Gasteiger partial charge in [-0.3, -0.25) is 14.5 Å². The minimum absolute atomic E-state index is 0.0465. The number of rotatable bonds is 5. The molecule has 2 aliphatic heterocycles. The van der Waals surface area contributed by atoms with Crippen LogP contribution in [0.15, 0.2) is 41.8 Å². The second-order valence-electron chi connectivity index (χ2n) is 6.91. The lowest BCUT2D eigenvalue weighted by Gasteiger charge is -2.36. The topological polar surface area (TPSA) is 43.9 Å². The first kappa shape index (κ1) is 19.4. The van der Waals surface area contributed by atoms with Crippen molar-refractivity contribution in [3.63, 3.8) is 0 Å². The molecule has 2 aromatic rings. The van der Waals surface area contributed by atoms with Crippen LogP contribution in [0.2, 0.25) is 0 Å². The van der Waals surface area contributed by atoms with Gasteiger partial charge in [-0.05, 0) is 29.1 Å². The van der Waals surface area contributed by atoms with Gasteiger partial charge in [0.25, 0.3) is 5.91 Å². The number of nitrogens with zero attached hydrogens (tertiary/aromatic N) is 3. The fraction of sp³-hybridized carbons (Fsp3) is 0.400. The van der Waals surface area contributed by atoms with Crippen molar-refractivity contribution < 1.29 is 14.0 Å². The maximum absolute atomic E-state index is 13.2. The molecule has 1 aromatic heterocycles. The third-order valence-corrected chi connectivity index (χ3v) is 7.29. The molecule has 28 heavy (non-hydrogen) atoms. The molecule has 8 heteroatoms. The summed E-state index contributed by atoms with van der Waals surface area (Å²) < 4.78 is 13.2. The zero-order chi connectivity index (χ0) is 19.5. The molecule has 2 fully saturated rings. The van der Waals surface area contributed by atoms with Crippen molar-refractivity contribution in [3.8, 4) is 0 Å². The standard InChI is InChI=1S/C20H22FN3O2S2/c21-16-5-3-15(4-6-16)20-24(18(25)14-28-20)12-9-22-7-10-23(11-8-22)19(26)17-2-1-13-27-17/h1-6,13,20H,7-12,14H2/t20-/m0/s1. The van der Waals surface area contributed by atoms with E-state index in [4.69, 9.17) is 0 Å².